The number of nitrogens with two attached hydrogens (primary N) is 1. The van der Waals surface area contributed by atoms with Crippen LogP contribution in [0.25, 0.3) is 5.69 Å². The molecule has 0 aliphatic carbocycles. The van der Waals surface area contributed by atoms with E-state index in [4.69, 9.17) is 5.73 Å². The van der Waals surface area contributed by atoms with Crippen LogP contribution in [0.1, 0.15) is 26.7 Å². The van der Waals surface area contributed by atoms with Crippen LogP contribution in [0.3, 0.4) is 0 Å². The zero-order valence-corrected chi connectivity index (χ0v) is 12.4. The van der Waals surface area contributed by atoms with Crippen molar-refractivity contribution in [1.29, 1.82) is 0 Å². The molecule has 0 radical (unpaired) electrons. The van der Waals surface area contributed by atoms with Crippen LogP contribution >= 0.6 is 0 Å². The predicted molar refractivity (Wildman–Crippen MR) is 82.1 cm³/mol. The number of carbonyl (C=O) groups is 1. The molecule has 3 N–H and O–H groups in total. The van der Waals surface area contributed by atoms with Gasteiger partial charge in [0.15, 0.2) is 0 Å². The van der Waals surface area contributed by atoms with Crippen LogP contribution < -0.4 is 11.1 Å². The van der Waals surface area contributed by atoms with Gasteiger partial charge >= 0.3 is 0 Å². The van der Waals surface area contributed by atoms with Crippen molar-refractivity contribution in [2.45, 2.75) is 26.7 Å². The Morgan fingerprint density at radius 1 is 1.33 bits per heavy atom. The maximum Gasteiger partial charge on any atom is 0.231 e. The minimum absolute atomic E-state index is 0.0532. The molecule has 6 nitrogen and oxygen atoms in total. The van der Waals surface area contributed by atoms with E-state index in [0.29, 0.717) is 25.1 Å². The summed E-state index contributed by atoms with van der Waals surface area (Å²) in [5.74, 6) is -0.0532. The third-order valence-electron chi connectivity index (χ3n) is 4.05. The van der Waals surface area contributed by atoms with Gasteiger partial charge in [0.1, 0.15) is 0 Å². The molecule has 0 aliphatic heterocycles. The Balaban J connectivity index is 2.30. The van der Waals surface area contributed by atoms with Gasteiger partial charge in [0.2, 0.25) is 5.91 Å². The standard InChI is InChI=1S/C15H21N5O/c1-3-15(4-2,11-16)14(21)18-12-7-5-6-8-13(12)20-10-9-17-19-20/h5-10H,3-4,11,16H2,1-2H3,(H,18,21). The van der Waals surface area contributed by atoms with E-state index in [1.165, 1.54) is 0 Å². The zero-order valence-electron chi connectivity index (χ0n) is 12.4. The lowest BCUT2D eigenvalue weighted by Crippen LogP contribution is -2.41. The number of aromatic nitrogens is 3. The molecule has 0 unspecified atom stereocenters. The van der Waals surface area contributed by atoms with E-state index in [1.807, 2.05) is 38.1 Å². The highest BCUT2D eigenvalue weighted by Gasteiger charge is 2.33. The van der Waals surface area contributed by atoms with Crippen molar-refractivity contribution in [3.63, 3.8) is 0 Å². The molecule has 0 bridgehead atoms. The molecular formula is C15H21N5O. The van der Waals surface area contributed by atoms with Crippen molar-refractivity contribution in [2.24, 2.45) is 11.1 Å². The molecule has 1 aromatic heterocycles. The highest BCUT2D eigenvalue weighted by molar-refractivity contribution is 5.97. The van der Waals surface area contributed by atoms with Gasteiger partial charge in [-0.1, -0.05) is 31.2 Å². The Bertz CT molecular complexity index is 582. The minimum atomic E-state index is -0.532. The van der Waals surface area contributed by atoms with Crippen LogP contribution in [0.4, 0.5) is 5.69 Å². The van der Waals surface area contributed by atoms with Gasteiger partial charge in [-0.3, -0.25) is 4.79 Å². The van der Waals surface area contributed by atoms with Gasteiger partial charge in [-0.2, -0.15) is 0 Å². The van der Waals surface area contributed by atoms with E-state index in [1.54, 1.807) is 17.1 Å². The molecule has 0 saturated carbocycles. The second kappa shape index (κ2) is 6.49. The fourth-order valence-corrected chi connectivity index (χ4v) is 2.32. The summed E-state index contributed by atoms with van der Waals surface area (Å²) >= 11 is 0. The first-order valence-electron chi connectivity index (χ1n) is 7.14. The molecule has 2 aromatic rings. The number of rotatable bonds is 6. The summed E-state index contributed by atoms with van der Waals surface area (Å²) < 4.78 is 1.62. The number of anilines is 1. The SMILES string of the molecule is CCC(CC)(CN)C(=O)Nc1ccccc1-n1ccnn1. The lowest BCUT2D eigenvalue weighted by atomic mass is 9.81. The second-order valence-corrected chi connectivity index (χ2v) is 5.01. The molecule has 0 aliphatic rings. The molecule has 0 atom stereocenters. The summed E-state index contributed by atoms with van der Waals surface area (Å²) in [6.45, 7) is 4.30. The smallest absolute Gasteiger partial charge is 0.231 e. The molecule has 21 heavy (non-hydrogen) atoms. The Morgan fingerprint density at radius 2 is 2.05 bits per heavy atom. The van der Waals surface area contributed by atoms with E-state index in [9.17, 15) is 4.79 Å². The Labute approximate surface area is 124 Å². The quantitative estimate of drug-likeness (QED) is 0.850. The topological polar surface area (TPSA) is 85.8 Å². The van der Waals surface area contributed by atoms with E-state index in [-0.39, 0.29) is 5.91 Å². The summed E-state index contributed by atoms with van der Waals surface area (Å²) in [6, 6.07) is 7.49. The normalized spacial score (nSPS) is 11.4. The first kappa shape index (κ1) is 15.2. The van der Waals surface area contributed by atoms with Crippen LogP contribution in [-0.4, -0.2) is 27.4 Å². The highest BCUT2D eigenvalue weighted by Crippen LogP contribution is 2.28. The van der Waals surface area contributed by atoms with Gasteiger partial charge in [0, 0.05) is 6.54 Å². The van der Waals surface area contributed by atoms with Gasteiger partial charge in [-0.05, 0) is 25.0 Å². The lowest BCUT2D eigenvalue weighted by molar-refractivity contribution is -0.125. The number of nitrogens with zero attached hydrogens (tertiary/aromatic N) is 3. The van der Waals surface area contributed by atoms with Crippen molar-refractivity contribution in [2.75, 3.05) is 11.9 Å². The molecule has 112 valence electrons. The fourth-order valence-electron chi connectivity index (χ4n) is 2.32. The average molecular weight is 287 g/mol. The molecule has 1 heterocycles. The van der Waals surface area contributed by atoms with Gasteiger partial charge < -0.3 is 11.1 Å². The molecule has 0 saturated heterocycles. The Morgan fingerprint density at radius 3 is 2.62 bits per heavy atom. The third-order valence-corrected chi connectivity index (χ3v) is 4.05. The molecular weight excluding hydrogens is 266 g/mol. The number of hydrogen-bond donors (Lipinski definition) is 2. The van der Waals surface area contributed by atoms with Crippen molar-refractivity contribution in [3.8, 4) is 5.69 Å². The summed E-state index contributed by atoms with van der Waals surface area (Å²) in [4.78, 5) is 12.6. The summed E-state index contributed by atoms with van der Waals surface area (Å²) in [7, 11) is 0. The van der Waals surface area contributed by atoms with Crippen molar-refractivity contribution < 1.29 is 4.79 Å². The molecule has 0 spiro atoms. The van der Waals surface area contributed by atoms with E-state index < -0.39 is 5.41 Å². The van der Waals surface area contributed by atoms with Crippen LogP contribution in [0, 0.1) is 5.41 Å². The van der Waals surface area contributed by atoms with Gasteiger partial charge in [-0.15, -0.1) is 5.10 Å². The summed E-state index contributed by atoms with van der Waals surface area (Å²) in [5, 5.41) is 10.7. The first-order chi connectivity index (χ1) is 10.2. The molecule has 2 rings (SSSR count). The maximum absolute atomic E-state index is 12.6. The summed E-state index contributed by atoms with van der Waals surface area (Å²) in [5.41, 5.74) is 6.78. The van der Waals surface area contributed by atoms with Crippen molar-refractivity contribution >= 4 is 11.6 Å². The average Bonchev–Trinajstić information content (AvgIpc) is 3.04. The fraction of sp³-hybridized carbons (Fsp3) is 0.400. The lowest BCUT2D eigenvalue weighted by Gasteiger charge is -2.28. The molecule has 1 aromatic carbocycles. The zero-order chi connectivity index (χ0) is 15.3. The monoisotopic (exact) mass is 287 g/mol. The van der Waals surface area contributed by atoms with Gasteiger partial charge in [0.05, 0.1) is 29.2 Å². The van der Waals surface area contributed by atoms with Crippen LogP contribution in [-0.2, 0) is 4.79 Å². The van der Waals surface area contributed by atoms with Gasteiger partial charge in [-0.25, -0.2) is 4.68 Å². The number of para-hydroxylation sites is 2. The van der Waals surface area contributed by atoms with E-state index in [2.05, 4.69) is 15.6 Å². The number of nitrogens with one attached hydrogen (secondary N) is 1. The van der Waals surface area contributed by atoms with Crippen LogP contribution in [0.5, 0.6) is 0 Å². The van der Waals surface area contributed by atoms with Crippen molar-refractivity contribution in [1.82, 2.24) is 15.0 Å². The molecule has 0 fully saturated rings. The minimum Gasteiger partial charge on any atom is -0.329 e. The van der Waals surface area contributed by atoms with Crippen molar-refractivity contribution in [3.05, 3.63) is 36.7 Å². The number of hydrogen-bond acceptors (Lipinski definition) is 4. The largest absolute Gasteiger partial charge is 0.329 e. The maximum atomic E-state index is 12.6. The van der Waals surface area contributed by atoms with E-state index in [0.717, 1.165) is 5.69 Å². The van der Waals surface area contributed by atoms with Crippen LogP contribution in [0.2, 0.25) is 0 Å². The van der Waals surface area contributed by atoms with Crippen LogP contribution in [0.15, 0.2) is 36.7 Å². The predicted octanol–water partition coefficient (Wildman–Crippen LogP) is 1.97. The molecule has 1 amide bonds. The second-order valence-electron chi connectivity index (χ2n) is 5.01. The number of amides is 1. The first-order valence-corrected chi connectivity index (χ1v) is 7.14. The third kappa shape index (κ3) is 2.95. The highest BCUT2D eigenvalue weighted by atomic mass is 16.2. The van der Waals surface area contributed by atoms with Gasteiger partial charge in [0.25, 0.3) is 0 Å². The number of carbonyl (C=O) groups excluding carboxylic acids is 1. The Kier molecular flexibility index (Phi) is 4.70. The van der Waals surface area contributed by atoms with E-state index >= 15 is 0 Å². The Hall–Kier alpha value is -2.21. The molecule has 6 heteroatoms. The summed E-state index contributed by atoms with van der Waals surface area (Å²) in [6.07, 6.45) is 4.75. The number of benzene rings is 1.